The quantitative estimate of drug-likeness (QED) is 0.736. The summed E-state index contributed by atoms with van der Waals surface area (Å²) in [4.78, 5) is 14.8. The van der Waals surface area contributed by atoms with Gasteiger partial charge < -0.3 is 15.5 Å². The number of likely N-dealkylation sites (tertiary alicyclic amines) is 1. The molecule has 23 heavy (non-hydrogen) atoms. The summed E-state index contributed by atoms with van der Waals surface area (Å²) in [7, 11) is 0. The third kappa shape index (κ3) is 5.22. The summed E-state index contributed by atoms with van der Waals surface area (Å²) in [5.41, 5.74) is 0.372. The minimum Gasteiger partial charge on any atom is -0.356 e. The molecule has 0 aromatic rings. The molecule has 0 aromatic carbocycles. The topological polar surface area (TPSA) is 44.4 Å². The second kappa shape index (κ2) is 9.45. The van der Waals surface area contributed by atoms with Gasteiger partial charge >= 0.3 is 0 Å². The van der Waals surface area contributed by atoms with Crippen LogP contribution in [-0.4, -0.2) is 49.6 Å². The molecular weight excluding hydrogens is 333 g/mol. The summed E-state index contributed by atoms with van der Waals surface area (Å²) < 4.78 is 0. The van der Waals surface area contributed by atoms with E-state index in [1.165, 1.54) is 38.6 Å². The van der Waals surface area contributed by atoms with Crippen LogP contribution in [-0.2, 0) is 4.79 Å². The van der Waals surface area contributed by atoms with Gasteiger partial charge in [0.05, 0.1) is 0 Å². The number of hydrogen-bond donors (Lipinski definition) is 2. The molecule has 0 bridgehead atoms. The van der Waals surface area contributed by atoms with Crippen LogP contribution >= 0.6 is 24.8 Å². The lowest BCUT2D eigenvalue weighted by atomic mass is 9.92. The molecule has 1 aliphatic carbocycles. The molecule has 1 amide bonds. The summed E-state index contributed by atoms with van der Waals surface area (Å²) in [6.07, 6.45) is 8.67. The van der Waals surface area contributed by atoms with Gasteiger partial charge in [-0.25, -0.2) is 0 Å². The Balaban J connectivity index is 0.00000132. The van der Waals surface area contributed by atoms with Gasteiger partial charge in [0.25, 0.3) is 0 Å². The lowest BCUT2D eigenvalue weighted by molar-refractivity contribution is -0.123. The van der Waals surface area contributed by atoms with E-state index in [1.54, 1.807) is 0 Å². The molecular formula is C17H33Cl2N3O. The molecule has 2 saturated heterocycles. The number of carbonyl (C=O) groups is 1. The minimum atomic E-state index is 0. The van der Waals surface area contributed by atoms with E-state index in [2.05, 4.69) is 22.5 Å². The van der Waals surface area contributed by atoms with E-state index < -0.39 is 0 Å². The Morgan fingerprint density at radius 3 is 2.70 bits per heavy atom. The first-order chi connectivity index (χ1) is 10.2. The van der Waals surface area contributed by atoms with Gasteiger partial charge in [-0.15, -0.1) is 24.8 Å². The molecule has 3 fully saturated rings. The second-order valence-corrected chi connectivity index (χ2v) is 7.39. The van der Waals surface area contributed by atoms with Gasteiger partial charge in [-0.2, -0.15) is 0 Å². The van der Waals surface area contributed by atoms with Crippen molar-refractivity contribution >= 4 is 30.7 Å². The van der Waals surface area contributed by atoms with Crippen molar-refractivity contribution in [2.24, 2.45) is 11.3 Å². The molecule has 3 rings (SSSR count). The molecule has 0 radical (unpaired) electrons. The highest BCUT2D eigenvalue weighted by Gasteiger charge is 2.57. The average Bonchev–Trinajstić information content (AvgIpc) is 3.19. The van der Waals surface area contributed by atoms with Crippen molar-refractivity contribution in [3.63, 3.8) is 0 Å². The summed E-state index contributed by atoms with van der Waals surface area (Å²) in [6.45, 7) is 7.76. The van der Waals surface area contributed by atoms with Gasteiger partial charge in [0.1, 0.15) is 0 Å². The van der Waals surface area contributed by atoms with Crippen LogP contribution in [0.5, 0.6) is 0 Å². The maximum absolute atomic E-state index is 12.2. The molecule has 4 nitrogen and oxygen atoms in total. The van der Waals surface area contributed by atoms with E-state index >= 15 is 0 Å². The second-order valence-electron chi connectivity index (χ2n) is 7.39. The van der Waals surface area contributed by atoms with Gasteiger partial charge in [0, 0.05) is 25.0 Å². The Morgan fingerprint density at radius 2 is 2.00 bits per heavy atom. The smallest absolute Gasteiger partial charge is 0.223 e. The van der Waals surface area contributed by atoms with Crippen LogP contribution in [0.1, 0.15) is 51.9 Å². The van der Waals surface area contributed by atoms with Crippen LogP contribution in [0.4, 0.5) is 0 Å². The predicted octanol–water partition coefficient (Wildman–Crippen LogP) is 2.60. The molecule has 2 heterocycles. The summed E-state index contributed by atoms with van der Waals surface area (Å²) in [5, 5.41) is 6.58. The zero-order chi connectivity index (χ0) is 14.7. The van der Waals surface area contributed by atoms with Crippen LogP contribution in [0.2, 0.25) is 0 Å². The Bertz CT molecular complexity index is 375. The fourth-order valence-corrected chi connectivity index (χ4v) is 4.30. The third-order valence-corrected chi connectivity index (χ3v) is 5.97. The fraction of sp³-hybridized carbons (Fsp3) is 0.941. The molecule has 1 spiro atoms. The molecule has 2 aliphatic heterocycles. The number of hydrogen-bond acceptors (Lipinski definition) is 3. The van der Waals surface area contributed by atoms with E-state index in [4.69, 9.17) is 0 Å². The number of nitrogens with zero attached hydrogens (tertiary/aromatic N) is 1. The van der Waals surface area contributed by atoms with Crippen molar-refractivity contribution in [3.8, 4) is 0 Å². The highest BCUT2D eigenvalue weighted by molar-refractivity contribution is 5.85. The summed E-state index contributed by atoms with van der Waals surface area (Å²) >= 11 is 0. The average molecular weight is 366 g/mol. The van der Waals surface area contributed by atoms with Gasteiger partial charge in [-0.1, -0.05) is 6.42 Å². The highest BCUT2D eigenvalue weighted by atomic mass is 35.5. The number of carbonyl (C=O) groups excluding carboxylic acids is 1. The zero-order valence-corrected chi connectivity index (χ0v) is 15.9. The zero-order valence-electron chi connectivity index (χ0n) is 14.3. The van der Waals surface area contributed by atoms with Crippen molar-refractivity contribution < 1.29 is 4.79 Å². The lowest BCUT2D eigenvalue weighted by Crippen LogP contribution is -2.39. The Hall–Kier alpha value is -0.0300. The highest BCUT2D eigenvalue weighted by Crippen LogP contribution is 2.58. The molecule has 2 atom stereocenters. The molecule has 6 heteroatoms. The van der Waals surface area contributed by atoms with Gasteiger partial charge in [0.15, 0.2) is 0 Å². The number of nitrogens with one attached hydrogen (secondary N) is 2. The number of piperidine rings is 2. The minimum absolute atomic E-state index is 0. The van der Waals surface area contributed by atoms with Gasteiger partial charge in [-0.3, -0.25) is 4.79 Å². The standard InChI is InChI=1S/C17H31N3O.2ClH/c1-14-5-2-3-11-20(14)12-4-8-19-16(21)15-13-17(15)6-9-18-10-7-17;;/h14-15,18H,2-13H2,1H3,(H,19,21);2*1H. The Kier molecular flexibility index (Phi) is 8.64. The van der Waals surface area contributed by atoms with Crippen LogP contribution in [0.15, 0.2) is 0 Å². The molecule has 0 aromatic heterocycles. The van der Waals surface area contributed by atoms with Crippen molar-refractivity contribution in [2.75, 3.05) is 32.7 Å². The first-order valence-electron chi connectivity index (χ1n) is 8.94. The SMILES string of the molecule is CC1CCCCN1CCCNC(=O)C1CC12CCNCC2.Cl.Cl. The fourth-order valence-electron chi connectivity index (χ4n) is 4.30. The third-order valence-electron chi connectivity index (χ3n) is 5.97. The first-order valence-corrected chi connectivity index (χ1v) is 8.94. The van der Waals surface area contributed by atoms with E-state index in [9.17, 15) is 4.79 Å². The molecule has 2 N–H and O–H groups in total. The number of rotatable bonds is 5. The lowest BCUT2D eigenvalue weighted by Gasteiger charge is -2.33. The Morgan fingerprint density at radius 1 is 1.26 bits per heavy atom. The van der Waals surface area contributed by atoms with Crippen LogP contribution in [0.3, 0.4) is 0 Å². The van der Waals surface area contributed by atoms with E-state index in [-0.39, 0.29) is 24.8 Å². The largest absolute Gasteiger partial charge is 0.356 e. The van der Waals surface area contributed by atoms with Gasteiger partial charge in [-0.05, 0) is 70.5 Å². The van der Waals surface area contributed by atoms with Crippen molar-refractivity contribution in [2.45, 2.75) is 57.9 Å². The van der Waals surface area contributed by atoms with E-state index in [0.29, 0.717) is 17.2 Å². The Labute approximate surface area is 153 Å². The molecule has 136 valence electrons. The summed E-state index contributed by atoms with van der Waals surface area (Å²) in [6, 6.07) is 0.732. The maximum atomic E-state index is 12.2. The van der Waals surface area contributed by atoms with Crippen molar-refractivity contribution in [1.29, 1.82) is 0 Å². The van der Waals surface area contributed by atoms with Crippen molar-refractivity contribution in [1.82, 2.24) is 15.5 Å². The normalized spacial score (nSPS) is 29.3. The van der Waals surface area contributed by atoms with E-state index in [1.807, 2.05) is 0 Å². The molecule has 3 aliphatic rings. The molecule has 2 unspecified atom stereocenters. The van der Waals surface area contributed by atoms with Crippen LogP contribution in [0, 0.1) is 11.3 Å². The van der Waals surface area contributed by atoms with E-state index in [0.717, 1.165) is 45.1 Å². The number of halogens is 2. The summed E-state index contributed by atoms with van der Waals surface area (Å²) in [5.74, 6) is 0.636. The maximum Gasteiger partial charge on any atom is 0.223 e. The van der Waals surface area contributed by atoms with Crippen molar-refractivity contribution in [3.05, 3.63) is 0 Å². The van der Waals surface area contributed by atoms with Gasteiger partial charge in [0.2, 0.25) is 5.91 Å². The number of amides is 1. The molecule has 1 saturated carbocycles. The van der Waals surface area contributed by atoms with Crippen LogP contribution in [0.25, 0.3) is 0 Å². The predicted molar refractivity (Wildman–Crippen MR) is 99.7 cm³/mol. The monoisotopic (exact) mass is 365 g/mol. The first kappa shape index (κ1) is 21.0. The van der Waals surface area contributed by atoms with Crippen LogP contribution < -0.4 is 10.6 Å².